The number of aromatic nitrogens is 5. The molecule has 0 aliphatic heterocycles. The Bertz CT molecular complexity index is 1700. The smallest absolute Gasteiger partial charge is 0.256 e. The summed E-state index contributed by atoms with van der Waals surface area (Å²) in [7, 11) is 1.69. The number of fused-ring (bicyclic) bond motifs is 1. The lowest BCUT2D eigenvalue weighted by Crippen LogP contribution is -2.42. The SMILES string of the molecule is Cn1ncc(C(=O)N[C@@H]2CCC[C@H](Nc3cc(-c4ccccc4)nc(-c4c[nH]c5c(F)cc(F)cc45)n3)C2)c1N. The highest BCUT2D eigenvalue weighted by Crippen LogP contribution is 2.32. The molecular weight excluding hydrogens is 514 g/mol. The highest BCUT2D eigenvalue weighted by molar-refractivity contribution is 5.98. The normalized spacial score (nSPS) is 17.2. The summed E-state index contributed by atoms with van der Waals surface area (Å²) >= 11 is 0. The first-order valence-corrected chi connectivity index (χ1v) is 13.1. The van der Waals surface area contributed by atoms with Crippen LogP contribution in [0.1, 0.15) is 36.0 Å². The van der Waals surface area contributed by atoms with Crippen LogP contribution in [0, 0.1) is 11.6 Å². The van der Waals surface area contributed by atoms with Crippen LogP contribution in [-0.2, 0) is 7.05 Å². The molecule has 1 aliphatic carbocycles. The molecule has 1 fully saturated rings. The number of aryl methyl sites for hydroxylation is 1. The maximum absolute atomic E-state index is 14.4. The zero-order chi connectivity index (χ0) is 27.8. The van der Waals surface area contributed by atoms with Crippen molar-refractivity contribution in [3.63, 3.8) is 0 Å². The van der Waals surface area contributed by atoms with Gasteiger partial charge in [-0.2, -0.15) is 5.10 Å². The molecular formula is C29H28F2N8O. The zero-order valence-corrected chi connectivity index (χ0v) is 21.8. The molecule has 1 amide bonds. The molecule has 0 spiro atoms. The highest BCUT2D eigenvalue weighted by Gasteiger charge is 2.26. The monoisotopic (exact) mass is 542 g/mol. The van der Waals surface area contributed by atoms with Crippen LogP contribution < -0.4 is 16.4 Å². The average molecular weight is 543 g/mol. The van der Waals surface area contributed by atoms with Gasteiger partial charge in [-0.1, -0.05) is 30.3 Å². The molecule has 0 saturated heterocycles. The van der Waals surface area contributed by atoms with Crippen molar-refractivity contribution in [2.24, 2.45) is 7.05 Å². The van der Waals surface area contributed by atoms with Crippen LogP contribution in [0.2, 0.25) is 0 Å². The van der Waals surface area contributed by atoms with Crippen LogP contribution in [-0.4, -0.2) is 42.7 Å². The second-order valence-electron chi connectivity index (χ2n) is 10.1. The molecule has 40 heavy (non-hydrogen) atoms. The Morgan fingerprint density at radius 1 is 1.10 bits per heavy atom. The summed E-state index contributed by atoms with van der Waals surface area (Å²) in [5, 5.41) is 11.0. The number of halogens is 2. The van der Waals surface area contributed by atoms with Gasteiger partial charge in [0.25, 0.3) is 5.91 Å². The molecule has 2 aromatic carbocycles. The molecule has 5 N–H and O–H groups in total. The number of carbonyl (C=O) groups excluding carboxylic acids is 1. The van der Waals surface area contributed by atoms with Gasteiger partial charge in [-0.15, -0.1) is 0 Å². The second kappa shape index (κ2) is 10.4. The summed E-state index contributed by atoms with van der Waals surface area (Å²) in [5.41, 5.74) is 8.58. The standard InChI is InChI=1S/C29H28F2N8O/c1-39-27(32)22(15-34-39)29(40)36-19-9-5-8-18(12-19)35-25-13-24(16-6-3-2-4-7-16)37-28(38-25)21-14-33-26-20(21)10-17(30)11-23(26)31/h2-4,6-7,10-11,13-15,18-19,33H,5,8-9,12,32H2,1H3,(H,36,40)(H,35,37,38)/t18-,19+/m0/s1. The quantitative estimate of drug-likeness (QED) is 0.238. The first-order valence-electron chi connectivity index (χ1n) is 13.1. The molecule has 1 aliphatic rings. The zero-order valence-electron chi connectivity index (χ0n) is 21.8. The van der Waals surface area contributed by atoms with Gasteiger partial charge in [0.15, 0.2) is 5.82 Å². The Kier molecular flexibility index (Phi) is 6.63. The van der Waals surface area contributed by atoms with Gasteiger partial charge in [-0.25, -0.2) is 18.7 Å². The predicted octanol–water partition coefficient (Wildman–Crippen LogP) is 5.04. The largest absolute Gasteiger partial charge is 0.383 e. The fourth-order valence-electron chi connectivity index (χ4n) is 5.28. The van der Waals surface area contributed by atoms with E-state index in [2.05, 4.69) is 20.7 Å². The Balaban J connectivity index is 1.29. The number of aromatic amines is 1. The minimum Gasteiger partial charge on any atom is -0.383 e. The minimum atomic E-state index is -0.679. The van der Waals surface area contributed by atoms with E-state index in [4.69, 9.17) is 15.7 Å². The van der Waals surface area contributed by atoms with Crippen molar-refractivity contribution < 1.29 is 13.6 Å². The number of H-pyrrole nitrogens is 1. The lowest BCUT2D eigenvalue weighted by atomic mass is 9.90. The van der Waals surface area contributed by atoms with Gasteiger partial charge in [0.1, 0.15) is 28.8 Å². The van der Waals surface area contributed by atoms with Crippen LogP contribution in [0.15, 0.2) is 60.9 Å². The van der Waals surface area contributed by atoms with Crippen LogP contribution in [0.25, 0.3) is 33.5 Å². The second-order valence-corrected chi connectivity index (χ2v) is 10.1. The third-order valence-corrected chi connectivity index (χ3v) is 7.33. The topological polar surface area (TPSA) is 127 Å². The van der Waals surface area contributed by atoms with Gasteiger partial charge in [0, 0.05) is 54.0 Å². The van der Waals surface area contributed by atoms with Gasteiger partial charge in [-0.3, -0.25) is 9.48 Å². The van der Waals surface area contributed by atoms with Crippen molar-refractivity contribution in [3.05, 3.63) is 78.1 Å². The predicted molar refractivity (Wildman–Crippen MR) is 149 cm³/mol. The summed E-state index contributed by atoms with van der Waals surface area (Å²) in [5.74, 6) is -0.349. The molecule has 0 radical (unpaired) electrons. The third-order valence-electron chi connectivity index (χ3n) is 7.33. The number of carbonyl (C=O) groups is 1. The summed E-state index contributed by atoms with van der Waals surface area (Å²) in [4.78, 5) is 25.2. The van der Waals surface area contributed by atoms with E-state index in [0.29, 0.717) is 46.1 Å². The van der Waals surface area contributed by atoms with E-state index in [1.807, 2.05) is 36.4 Å². The van der Waals surface area contributed by atoms with Crippen LogP contribution in [0.3, 0.4) is 0 Å². The maximum atomic E-state index is 14.4. The molecule has 9 nitrogen and oxygen atoms in total. The van der Waals surface area contributed by atoms with E-state index < -0.39 is 11.6 Å². The van der Waals surface area contributed by atoms with Gasteiger partial charge in [0.05, 0.1) is 17.4 Å². The molecule has 0 unspecified atom stereocenters. The first-order chi connectivity index (χ1) is 19.4. The number of hydrogen-bond donors (Lipinski definition) is 4. The van der Waals surface area contributed by atoms with Crippen LogP contribution in [0.4, 0.5) is 20.4 Å². The number of hydrogen-bond acceptors (Lipinski definition) is 6. The lowest BCUT2D eigenvalue weighted by Gasteiger charge is -2.30. The van der Waals surface area contributed by atoms with E-state index in [1.165, 1.54) is 16.9 Å². The maximum Gasteiger partial charge on any atom is 0.256 e. The number of nitrogens with zero attached hydrogens (tertiary/aromatic N) is 4. The number of amides is 1. The van der Waals surface area contributed by atoms with Crippen LogP contribution >= 0.6 is 0 Å². The molecule has 1 saturated carbocycles. The molecule has 204 valence electrons. The Morgan fingerprint density at radius 3 is 2.67 bits per heavy atom. The summed E-state index contributed by atoms with van der Waals surface area (Å²) in [6, 6.07) is 13.6. The van der Waals surface area contributed by atoms with Gasteiger partial charge in [0.2, 0.25) is 0 Å². The number of rotatable bonds is 6. The molecule has 0 bridgehead atoms. The van der Waals surface area contributed by atoms with Crippen molar-refractivity contribution in [1.82, 2.24) is 30.0 Å². The summed E-state index contributed by atoms with van der Waals surface area (Å²) in [6.07, 6.45) is 6.41. The number of nitrogen functional groups attached to an aromatic ring is 1. The molecule has 6 rings (SSSR count). The number of nitrogens with two attached hydrogens (primary N) is 1. The van der Waals surface area contributed by atoms with Crippen molar-refractivity contribution in [1.29, 1.82) is 0 Å². The van der Waals surface area contributed by atoms with Crippen molar-refractivity contribution in [2.45, 2.75) is 37.8 Å². The van der Waals surface area contributed by atoms with Crippen molar-refractivity contribution >= 4 is 28.4 Å². The minimum absolute atomic E-state index is 0.0366. The van der Waals surface area contributed by atoms with E-state index in [-0.39, 0.29) is 23.5 Å². The van der Waals surface area contributed by atoms with Crippen molar-refractivity contribution in [2.75, 3.05) is 11.1 Å². The summed E-state index contributed by atoms with van der Waals surface area (Å²) in [6.45, 7) is 0. The van der Waals surface area contributed by atoms with Gasteiger partial charge < -0.3 is 21.4 Å². The van der Waals surface area contributed by atoms with E-state index in [0.717, 1.165) is 30.9 Å². The van der Waals surface area contributed by atoms with E-state index in [9.17, 15) is 13.6 Å². The van der Waals surface area contributed by atoms with E-state index >= 15 is 0 Å². The first kappa shape index (κ1) is 25.5. The highest BCUT2D eigenvalue weighted by atomic mass is 19.1. The lowest BCUT2D eigenvalue weighted by molar-refractivity contribution is 0.0927. The average Bonchev–Trinajstić information content (AvgIpc) is 3.52. The van der Waals surface area contributed by atoms with Crippen LogP contribution in [0.5, 0.6) is 0 Å². The third kappa shape index (κ3) is 4.97. The number of anilines is 2. The van der Waals surface area contributed by atoms with E-state index in [1.54, 1.807) is 13.2 Å². The molecule has 11 heteroatoms. The molecule has 5 aromatic rings. The fourth-order valence-corrected chi connectivity index (χ4v) is 5.28. The van der Waals surface area contributed by atoms with Crippen molar-refractivity contribution in [3.8, 4) is 22.6 Å². The van der Waals surface area contributed by atoms with Gasteiger partial charge in [-0.05, 0) is 31.7 Å². The number of nitrogens with one attached hydrogen (secondary N) is 3. The fraction of sp³-hybridized carbons (Fsp3) is 0.241. The molecule has 3 aromatic heterocycles. The molecule has 3 heterocycles. The molecule has 2 atom stereocenters. The Morgan fingerprint density at radius 2 is 1.90 bits per heavy atom. The summed E-state index contributed by atoms with van der Waals surface area (Å²) < 4.78 is 30.0. The Hall–Kier alpha value is -4.80. The Labute approximate surface area is 228 Å². The number of benzene rings is 2. The van der Waals surface area contributed by atoms with Gasteiger partial charge >= 0.3 is 0 Å².